The number of carbonyl (C=O) groups excluding carboxylic acids is 1. The molecule has 0 aromatic carbocycles. The molecule has 0 aromatic heterocycles. The zero-order valence-corrected chi connectivity index (χ0v) is 9.49. The lowest BCUT2D eigenvalue weighted by Crippen LogP contribution is -2.42. The van der Waals surface area contributed by atoms with E-state index in [1.807, 2.05) is 6.92 Å². The summed E-state index contributed by atoms with van der Waals surface area (Å²) in [7, 11) is 0. The zero-order chi connectivity index (χ0) is 11.3. The molecule has 4 heteroatoms. The molecule has 1 fully saturated rings. The van der Waals surface area contributed by atoms with Gasteiger partial charge in [0.25, 0.3) is 0 Å². The van der Waals surface area contributed by atoms with Crippen molar-refractivity contribution < 1.29 is 19.4 Å². The van der Waals surface area contributed by atoms with Gasteiger partial charge >= 0.3 is 5.97 Å². The highest BCUT2D eigenvalue weighted by molar-refractivity contribution is 5.70. The van der Waals surface area contributed by atoms with Gasteiger partial charge in [-0.25, -0.2) is 0 Å². The van der Waals surface area contributed by atoms with Crippen LogP contribution in [0.5, 0.6) is 0 Å². The molecule has 0 aliphatic carbocycles. The molecule has 0 amide bonds. The molecule has 1 aliphatic heterocycles. The highest BCUT2D eigenvalue weighted by atomic mass is 16.5. The van der Waals surface area contributed by atoms with Gasteiger partial charge in [0, 0.05) is 19.4 Å². The van der Waals surface area contributed by atoms with Crippen molar-refractivity contribution in [1.29, 1.82) is 0 Å². The Hall–Kier alpha value is -0.610. The summed E-state index contributed by atoms with van der Waals surface area (Å²) in [5.41, 5.74) is -0.925. The van der Waals surface area contributed by atoms with E-state index in [9.17, 15) is 9.90 Å². The lowest BCUT2D eigenvalue weighted by Gasteiger charge is -2.35. The summed E-state index contributed by atoms with van der Waals surface area (Å²) in [4.78, 5) is 11.3. The van der Waals surface area contributed by atoms with Crippen molar-refractivity contribution in [1.82, 2.24) is 0 Å². The molecule has 2 unspecified atom stereocenters. The Morgan fingerprint density at radius 3 is 2.93 bits per heavy atom. The molecule has 4 nitrogen and oxygen atoms in total. The van der Waals surface area contributed by atoms with E-state index >= 15 is 0 Å². The monoisotopic (exact) mass is 216 g/mol. The van der Waals surface area contributed by atoms with Crippen molar-refractivity contribution in [3.05, 3.63) is 0 Å². The van der Waals surface area contributed by atoms with Crippen molar-refractivity contribution in [2.75, 3.05) is 13.2 Å². The topological polar surface area (TPSA) is 55.8 Å². The van der Waals surface area contributed by atoms with E-state index in [0.29, 0.717) is 26.1 Å². The second-order valence-corrected chi connectivity index (χ2v) is 4.06. The van der Waals surface area contributed by atoms with Gasteiger partial charge in [-0.15, -0.1) is 0 Å². The Labute approximate surface area is 90.6 Å². The van der Waals surface area contributed by atoms with E-state index in [-0.39, 0.29) is 18.5 Å². The normalized spacial score (nSPS) is 31.3. The van der Waals surface area contributed by atoms with Crippen LogP contribution in [0, 0.1) is 0 Å². The first-order chi connectivity index (χ1) is 7.09. The van der Waals surface area contributed by atoms with Gasteiger partial charge in [-0.3, -0.25) is 4.79 Å². The van der Waals surface area contributed by atoms with Crippen LogP contribution >= 0.6 is 0 Å². The van der Waals surface area contributed by atoms with Gasteiger partial charge in [0.1, 0.15) is 0 Å². The second-order valence-electron chi connectivity index (χ2n) is 4.06. The Bertz CT molecular complexity index is 217. The van der Waals surface area contributed by atoms with Crippen molar-refractivity contribution in [3.63, 3.8) is 0 Å². The third-order valence-corrected chi connectivity index (χ3v) is 2.76. The quantitative estimate of drug-likeness (QED) is 0.719. The summed E-state index contributed by atoms with van der Waals surface area (Å²) in [6, 6.07) is 0. The maximum absolute atomic E-state index is 11.3. The average Bonchev–Trinajstić information content (AvgIpc) is 2.17. The minimum Gasteiger partial charge on any atom is -0.466 e. The highest BCUT2D eigenvalue weighted by Gasteiger charge is 2.36. The standard InChI is InChI=1S/C11H20O4/c1-3-9-7-11(13,5-6-15-9)8-10(12)14-4-2/h9,13H,3-8H2,1-2H3. The number of rotatable bonds is 4. The molecule has 0 bridgehead atoms. The van der Waals surface area contributed by atoms with Gasteiger partial charge in [-0.1, -0.05) is 6.92 Å². The third kappa shape index (κ3) is 3.80. The first-order valence-corrected chi connectivity index (χ1v) is 5.59. The molecular weight excluding hydrogens is 196 g/mol. The van der Waals surface area contributed by atoms with Crippen LogP contribution in [0.15, 0.2) is 0 Å². The third-order valence-electron chi connectivity index (χ3n) is 2.76. The van der Waals surface area contributed by atoms with E-state index in [1.165, 1.54) is 0 Å². The second kappa shape index (κ2) is 5.47. The summed E-state index contributed by atoms with van der Waals surface area (Å²) < 4.78 is 10.3. The van der Waals surface area contributed by atoms with Gasteiger partial charge in [0.15, 0.2) is 0 Å². The summed E-state index contributed by atoms with van der Waals surface area (Å²) in [6.45, 7) is 4.67. The van der Waals surface area contributed by atoms with Crippen LogP contribution in [0.25, 0.3) is 0 Å². The fraction of sp³-hybridized carbons (Fsp3) is 0.909. The summed E-state index contributed by atoms with van der Waals surface area (Å²) in [5, 5.41) is 10.2. The van der Waals surface area contributed by atoms with E-state index in [1.54, 1.807) is 6.92 Å². The first-order valence-electron chi connectivity index (χ1n) is 5.59. The Balaban J connectivity index is 2.46. The van der Waals surface area contributed by atoms with Crippen LogP contribution in [0.1, 0.15) is 39.5 Å². The van der Waals surface area contributed by atoms with Crippen molar-refractivity contribution in [2.45, 2.75) is 51.2 Å². The van der Waals surface area contributed by atoms with Crippen molar-refractivity contribution in [3.8, 4) is 0 Å². The SMILES string of the molecule is CCOC(=O)CC1(O)CCOC(CC)C1. The Morgan fingerprint density at radius 2 is 2.33 bits per heavy atom. The number of aliphatic hydroxyl groups is 1. The molecule has 1 heterocycles. The molecule has 1 aliphatic rings. The van der Waals surface area contributed by atoms with Crippen molar-refractivity contribution in [2.24, 2.45) is 0 Å². The van der Waals surface area contributed by atoms with Crippen LogP contribution in [-0.2, 0) is 14.3 Å². The molecule has 0 aromatic rings. The predicted octanol–water partition coefficient (Wildman–Crippen LogP) is 1.26. The van der Waals surface area contributed by atoms with Crippen LogP contribution in [0.4, 0.5) is 0 Å². The number of ether oxygens (including phenoxy) is 2. The van der Waals surface area contributed by atoms with E-state index in [0.717, 1.165) is 6.42 Å². The van der Waals surface area contributed by atoms with Crippen LogP contribution < -0.4 is 0 Å². The van der Waals surface area contributed by atoms with E-state index < -0.39 is 5.60 Å². The maximum Gasteiger partial charge on any atom is 0.308 e. The average molecular weight is 216 g/mol. The lowest BCUT2D eigenvalue weighted by molar-refractivity contribution is -0.156. The summed E-state index contributed by atoms with van der Waals surface area (Å²) in [5.74, 6) is -0.322. The molecule has 88 valence electrons. The highest BCUT2D eigenvalue weighted by Crippen LogP contribution is 2.29. The molecule has 15 heavy (non-hydrogen) atoms. The summed E-state index contributed by atoms with van der Waals surface area (Å²) in [6.07, 6.45) is 2.06. The van der Waals surface area contributed by atoms with Gasteiger partial charge in [0.05, 0.1) is 24.7 Å². The minimum absolute atomic E-state index is 0.0678. The Kier molecular flexibility index (Phi) is 4.54. The smallest absolute Gasteiger partial charge is 0.308 e. The lowest BCUT2D eigenvalue weighted by atomic mass is 9.86. The van der Waals surface area contributed by atoms with Gasteiger partial charge in [-0.2, -0.15) is 0 Å². The fourth-order valence-electron chi connectivity index (χ4n) is 1.90. The van der Waals surface area contributed by atoms with Crippen LogP contribution in [-0.4, -0.2) is 36.0 Å². The maximum atomic E-state index is 11.3. The molecule has 1 saturated heterocycles. The molecule has 2 atom stereocenters. The van der Waals surface area contributed by atoms with Crippen molar-refractivity contribution >= 4 is 5.97 Å². The molecule has 1 rings (SSSR count). The number of hydrogen-bond acceptors (Lipinski definition) is 4. The van der Waals surface area contributed by atoms with Gasteiger partial charge in [0.2, 0.25) is 0 Å². The summed E-state index contributed by atoms with van der Waals surface area (Å²) >= 11 is 0. The number of hydrogen-bond donors (Lipinski definition) is 1. The molecule has 1 N–H and O–H groups in total. The van der Waals surface area contributed by atoms with E-state index in [4.69, 9.17) is 9.47 Å². The number of carbonyl (C=O) groups is 1. The fourth-order valence-corrected chi connectivity index (χ4v) is 1.90. The molecule has 0 saturated carbocycles. The zero-order valence-electron chi connectivity index (χ0n) is 9.49. The Morgan fingerprint density at radius 1 is 1.60 bits per heavy atom. The predicted molar refractivity (Wildman–Crippen MR) is 55.5 cm³/mol. The van der Waals surface area contributed by atoms with Gasteiger partial charge < -0.3 is 14.6 Å². The minimum atomic E-state index is -0.925. The molecule has 0 radical (unpaired) electrons. The van der Waals surface area contributed by atoms with Gasteiger partial charge in [-0.05, 0) is 13.3 Å². The molecular formula is C11H20O4. The van der Waals surface area contributed by atoms with Crippen LogP contribution in [0.3, 0.4) is 0 Å². The largest absolute Gasteiger partial charge is 0.466 e. The number of esters is 1. The first kappa shape index (κ1) is 12.5. The molecule has 0 spiro atoms. The van der Waals surface area contributed by atoms with Crippen LogP contribution in [0.2, 0.25) is 0 Å². The van der Waals surface area contributed by atoms with E-state index in [2.05, 4.69) is 0 Å².